The first-order valence-electron chi connectivity index (χ1n) is 6.16. The molecule has 4 heteroatoms. The highest BCUT2D eigenvalue weighted by atomic mass is 35.5. The number of rotatable bonds is 5. The fourth-order valence-electron chi connectivity index (χ4n) is 1.61. The average molecular weight is 306 g/mol. The molecule has 1 N–H and O–H groups in total. The van der Waals surface area contributed by atoms with Gasteiger partial charge in [0.1, 0.15) is 0 Å². The topological polar surface area (TPSA) is 12.0 Å². The molecule has 102 valence electrons. The number of hydrogen-bond donors (Lipinski definition) is 1. The largest absolute Gasteiger partial charge is 0.313 e. The van der Waals surface area contributed by atoms with Crippen LogP contribution in [0.1, 0.15) is 27.7 Å². The van der Waals surface area contributed by atoms with E-state index in [0.717, 1.165) is 17.2 Å². The lowest BCUT2D eigenvalue weighted by atomic mass is 9.88. The van der Waals surface area contributed by atoms with E-state index in [-0.39, 0.29) is 5.41 Å². The summed E-state index contributed by atoms with van der Waals surface area (Å²) in [5.74, 6) is 1.02. The van der Waals surface area contributed by atoms with Crippen molar-refractivity contribution in [2.45, 2.75) is 38.6 Å². The van der Waals surface area contributed by atoms with E-state index in [9.17, 15) is 0 Å². The predicted octanol–water partition coefficient (Wildman–Crippen LogP) is 5.11. The second kappa shape index (κ2) is 7.04. The Kier molecular flexibility index (Phi) is 6.32. The summed E-state index contributed by atoms with van der Waals surface area (Å²) in [6.07, 6.45) is 0. The van der Waals surface area contributed by atoms with Gasteiger partial charge in [-0.15, -0.1) is 11.8 Å². The minimum absolute atomic E-state index is 0.249. The SMILES string of the molecule is CCNC(CSc1ccc(Cl)c(Cl)c1)C(C)(C)C. The van der Waals surface area contributed by atoms with Gasteiger partial charge in [-0.3, -0.25) is 0 Å². The molecular weight excluding hydrogens is 285 g/mol. The Balaban J connectivity index is 2.64. The van der Waals surface area contributed by atoms with Crippen LogP contribution >= 0.6 is 35.0 Å². The second-order valence-electron chi connectivity index (χ2n) is 5.36. The number of benzene rings is 1. The Labute approximate surface area is 125 Å². The molecule has 0 amide bonds. The number of thioether (sulfide) groups is 1. The first kappa shape index (κ1) is 16.2. The van der Waals surface area contributed by atoms with Gasteiger partial charge in [-0.2, -0.15) is 0 Å². The summed E-state index contributed by atoms with van der Waals surface area (Å²) in [7, 11) is 0. The minimum atomic E-state index is 0.249. The van der Waals surface area contributed by atoms with Crippen LogP contribution < -0.4 is 5.32 Å². The zero-order chi connectivity index (χ0) is 13.8. The molecule has 0 aliphatic rings. The highest BCUT2D eigenvalue weighted by molar-refractivity contribution is 7.99. The molecule has 0 aromatic heterocycles. The summed E-state index contributed by atoms with van der Waals surface area (Å²) < 4.78 is 0. The Morgan fingerprint density at radius 2 is 1.89 bits per heavy atom. The summed E-state index contributed by atoms with van der Waals surface area (Å²) in [4.78, 5) is 1.16. The van der Waals surface area contributed by atoms with E-state index in [1.165, 1.54) is 0 Å². The predicted molar refractivity (Wildman–Crippen MR) is 84.1 cm³/mol. The van der Waals surface area contributed by atoms with E-state index in [4.69, 9.17) is 23.2 Å². The molecule has 18 heavy (non-hydrogen) atoms. The summed E-state index contributed by atoms with van der Waals surface area (Å²) in [6, 6.07) is 6.28. The molecule has 0 aliphatic carbocycles. The highest BCUT2D eigenvalue weighted by Gasteiger charge is 2.23. The quantitative estimate of drug-likeness (QED) is 0.759. The zero-order valence-corrected chi connectivity index (χ0v) is 13.7. The van der Waals surface area contributed by atoms with Gasteiger partial charge >= 0.3 is 0 Å². The van der Waals surface area contributed by atoms with Crippen molar-refractivity contribution in [2.24, 2.45) is 5.41 Å². The third kappa shape index (κ3) is 5.00. The van der Waals surface area contributed by atoms with Crippen molar-refractivity contribution >= 4 is 35.0 Å². The maximum absolute atomic E-state index is 6.02. The molecule has 1 aromatic rings. The monoisotopic (exact) mass is 305 g/mol. The molecule has 1 nitrogen and oxygen atoms in total. The van der Waals surface area contributed by atoms with Gasteiger partial charge in [-0.05, 0) is 30.2 Å². The molecule has 0 radical (unpaired) electrons. The third-order valence-electron chi connectivity index (χ3n) is 2.80. The van der Waals surface area contributed by atoms with Crippen molar-refractivity contribution < 1.29 is 0 Å². The van der Waals surface area contributed by atoms with Crippen LogP contribution in [0.15, 0.2) is 23.1 Å². The Hall–Kier alpha value is 0.110. The average Bonchev–Trinajstić information content (AvgIpc) is 2.27. The molecule has 0 aliphatic heterocycles. The molecule has 1 unspecified atom stereocenters. The second-order valence-corrected chi connectivity index (χ2v) is 7.27. The van der Waals surface area contributed by atoms with Gasteiger partial charge in [-0.1, -0.05) is 50.9 Å². The summed E-state index contributed by atoms with van der Waals surface area (Å²) >= 11 is 13.7. The highest BCUT2D eigenvalue weighted by Crippen LogP contribution is 2.30. The van der Waals surface area contributed by atoms with E-state index >= 15 is 0 Å². The summed E-state index contributed by atoms with van der Waals surface area (Å²) in [5, 5.41) is 4.77. The van der Waals surface area contributed by atoms with Crippen LogP contribution in [0.25, 0.3) is 0 Å². The van der Waals surface area contributed by atoms with Crippen LogP contribution in [0.4, 0.5) is 0 Å². The number of nitrogens with one attached hydrogen (secondary N) is 1. The molecule has 1 atom stereocenters. The normalized spacial score (nSPS) is 13.7. The number of hydrogen-bond acceptors (Lipinski definition) is 2. The Morgan fingerprint density at radius 1 is 1.22 bits per heavy atom. The first-order valence-corrected chi connectivity index (χ1v) is 7.90. The van der Waals surface area contributed by atoms with E-state index < -0.39 is 0 Å². The van der Waals surface area contributed by atoms with Crippen molar-refractivity contribution in [1.82, 2.24) is 5.32 Å². The van der Waals surface area contributed by atoms with E-state index in [1.807, 2.05) is 30.0 Å². The van der Waals surface area contributed by atoms with Crippen molar-refractivity contribution in [3.05, 3.63) is 28.2 Å². The molecule has 0 saturated heterocycles. The van der Waals surface area contributed by atoms with E-state index in [1.54, 1.807) is 0 Å². The molecule has 1 aromatic carbocycles. The number of halogens is 2. The maximum atomic E-state index is 6.02. The maximum Gasteiger partial charge on any atom is 0.0603 e. The van der Waals surface area contributed by atoms with Crippen LogP contribution in [-0.2, 0) is 0 Å². The van der Waals surface area contributed by atoms with Gasteiger partial charge in [0, 0.05) is 16.7 Å². The molecule has 0 fully saturated rings. The Morgan fingerprint density at radius 3 is 2.39 bits per heavy atom. The standard InChI is InChI=1S/C14H21Cl2NS/c1-5-17-13(14(2,3)4)9-18-10-6-7-11(15)12(16)8-10/h6-8,13,17H,5,9H2,1-4H3. The van der Waals surface area contributed by atoms with Gasteiger partial charge in [0.25, 0.3) is 0 Å². The lowest BCUT2D eigenvalue weighted by Crippen LogP contribution is -2.42. The van der Waals surface area contributed by atoms with Gasteiger partial charge in [0.15, 0.2) is 0 Å². The van der Waals surface area contributed by atoms with Crippen molar-refractivity contribution in [2.75, 3.05) is 12.3 Å². The molecule has 0 spiro atoms. The Bertz CT molecular complexity index is 388. The van der Waals surface area contributed by atoms with Gasteiger partial charge in [-0.25, -0.2) is 0 Å². The fourth-order valence-corrected chi connectivity index (χ4v) is 3.31. The smallest absolute Gasteiger partial charge is 0.0603 e. The van der Waals surface area contributed by atoms with Gasteiger partial charge in [0.05, 0.1) is 10.0 Å². The molecule has 0 bridgehead atoms. The molecule has 1 rings (SSSR count). The zero-order valence-electron chi connectivity index (χ0n) is 11.4. The van der Waals surface area contributed by atoms with Crippen LogP contribution in [0.5, 0.6) is 0 Å². The van der Waals surface area contributed by atoms with Crippen LogP contribution in [0, 0.1) is 5.41 Å². The third-order valence-corrected chi connectivity index (χ3v) is 4.63. The minimum Gasteiger partial charge on any atom is -0.313 e. The molecule has 0 saturated carbocycles. The van der Waals surface area contributed by atoms with E-state index in [0.29, 0.717) is 16.1 Å². The van der Waals surface area contributed by atoms with Crippen molar-refractivity contribution in [3.8, 4) is 0 Å². The van der Waals surface area contributed by atoms with E-state index in [2.05, 4.69) is 33.0 Å². The lowest BCUT2D eigenvalue weighted by Gasteiger charge is -2.31. The molecule has 0 heterocycles. The van der Waals surface area contributed by atoms with Gasteiger partial charge < -0.3 is 5.32 Å². The van der Waals surface area contributed by atoms with Crippen LogP contribution in [0.3, 0.4) is 0 Å². The first-order chi connectivity index (χ1) is 8.34. The molecular formula is C14H21Cl2NS. The summed E-state index contributed by atoms with van der Waals surface area (Å²) in [5.41, 5.74) is 0.249. The van der Waals surface area contributed by atoms with Crippen molar-refractivity contribution in [1.29, 1.82) is 0 Å². The van der Waals surface area contributed by atoms with Crippen molar-refractivity contribution in [3.63, 3.8) is 0 Å². The van der Waals surface area contributed by atoms with Gasteiger partial charge in [0.2, 0.25) is 0 Å². The summed E-state index contributed by atoms with van der Waals surface area (Å²) in [6.45, 7) is 9.91. The lowest BCUT2D eigenvalue weighted by molar-refractivity contribution is 0.295. The van der Waals surface area contributed by atoms with Crippen LogP contribution in [0.2, 0.25) is 10.0 Å². The van der Waals surface area contributed by atoms with Crippen LogP contribution in [-0.4, -0.2) is 18.3 Å². The fraction of sp³-hybridized carbons (Fsp3) is 0.571.